The summed E-state index contributed by atoms with van der Waals surface area (Å²) in [7, 11) is -3.43. The van der Waals surface area contributed by atoms with Gasteiger partial charge in [-0.05, 0) is 48.6 Å². The van der Waals surface area contributed by atoms with Gasteiger partial charge in [-0.2, -0.15) is 4.31 Å². The number of anilines is 1. The first kappa shape index (κ1) is 21.8. The zero-order chi connectivity index (χ0) is 21.8. The van der Waals surface area contributed by atoms with E-state index in [1.165, 1.54) is 15.6 Å². The molecular formula is C21H26N4O4S2. The second-order valence-electron chi connectivity index (χ2n) is 7.64. The van der Waals surface area contributed by atoms with Gasteiger partial charge in [0.25, 0.3) is 5.91 Å². The third-order valence-electron chi connectivity index (χ3n) is 5.65. The maximum absolute atomic E-state index is 12.6. The summed E-state index contributed by atoms with van der Waals surface area (Å²) in [4.78, 5) is 29.5. The molecule has 1 aromatic heterocycles. The Morgan fingerprint density at radius 3 is 2.16 bits per heavy atom. The Hall–Kier alpha value is -2.43. The highest BCUT2D eigenvalue weighted by molar-refractivity contribution is 7.89. The van der Waals surface area contributed by atoms with Crippen LogP contribution < -0.4 is 5.32 Å². The molecule has 2 aliphatic heterocycles. The molecule has 0 saturated carbocycles. The van der Waals surface area contributed by atoms with E-state index in [1.807, 2.05) is 17.5 Å². The molecule has 0 bridgehead atoms. The molecule has 10 heteroatoms. The van der Waals surface area contributed by atoms with Crippen LogP contribution in [-0.2, 0) is 14.8 Å². The highest BCUT2D eigenvalue weighted by Crippen LogP contribution is 2.22. The van der Waals surface area contributed by atoms with E-state index in [0.29, 0.717) is 45.0 Å². The fraction of sp³-hybridized carbons (Fsp3) is 0.429. The lowest BCUT2D eigenvalue weighted by molar-refractivity contribution is -0.130. The van der Waals surface area contributed by atoms with Crippen molar-refractivity contribution in [1.82, 2.24) is 14.1 Å². The first-order valence-corrected chi connectivity index (χ1v) is 12.7. The SMILES string of the molecule is O=C(CNc1ccc(S(=O)(=O)N2CCCC2)cc1)N1CCN(C(=O)c2cccs2)CC1. The Morgan fingerprint density at radius 1 is 0.903 bits per heavy atom. The van der Waals surface area contributed by atoms with Gasteiger partial charge in [0.05, 0.1) is 16.3 Å². The fourth-order valence-corrected chi connectivity index (χ4v) is 6.03. The number of amides is 2. The van der Waals surface area contributed by atoms with Crippen molar-refractivity contribution in [2.24, 2.45) is 0 Å². The van der Waals surface area contributed by atoms with Gasteiger partial charge in [-0.25, -0.2) is 8.42 Å². The predicted octanol–water partition coefficient (Wildman–Crippen LogP) is 1.93. The van der Waals surface area contributed by atoms with Crippen LogP contribution in [0, 0.1) is 0 Å². The molecule has 166 valence electrons. The summed E-state index contributed by atoms with van der Waals surface area (Å²) in [5.74, 6) is -0.0267. The minimum atomic E-state index is -3.43. The molecule has 8 nitrogen and oxygen atoms in total. The summed E-state index contributed by atoms with van der Waals surface area (Å²) < 4.78 is 26.7. The topological polar surface area (TPSA) is 90.0 Å². The molecular weight excluding hydrogens is 436 g/mol. The molecule has 2 fully saturated rings. The lowest BCUT2D eigenvalue weighted by Gasteiger charge is -2.34. The number of piperazine rings is 1. The number of sulfonamides is 1. The van der Waals surface area contributed by atoms with Gasteiger partial charge < -0.3 is 15.1 Å². The van der Waals surface area contributed by atoms with E-state index in [9.17, 15) is 18.0 Å². The number of nitrogens with zero attached hydrogens (tertiary/aromatic N) is 3. The molecule has 2 amide bonds. The molecule has 3 heterocycles. The van der Waals surface area contributed by atoms with Crippen LogP contribution in [0.15, 0.2) is 46.7 Å². The van der Waals surface area contributed by atoms with Crippen molar-refractivity contribution in [2.75, 3.05) is 51.1 Å². The molecule has 1 aromatic carbocycles. The van der Waals surface area contributed by atoms with Crippen LogP contribution in [0.5, 0.6) is 0 Å². The van der Waals surface area contributed by atoms with Crippen molar-refractivity contribution in [1.29, 1.82) is 0 Å². The van der Waals surface area contributed by atoms with Crippen molar-refractivity contribution >= 4 is 38.9 Å². The van der Waals surface area contributed by atoms with Gasteiger partial charge >= 0.3 is 0 Å². The second kappa shape index (κ2) is 9.37. The predicted molar refractivity (Wildman–Crippen MR) is 120 cm³/mol. The van der Waals surface area contributed by atoms with Crippen molar-refractivity contribution in [3.63, 3.8) is 0 Å². The van der Waals surface area contributed by atoms with Gasteiger partial charge in [0.2, 0.25) is 15.9 Å². The largest absolute Gasteiger partial charge is 0.376 e. The molecule has 0 aliphatic carbocycles. The number of carbonyl (C=O) groups excluding carboxylic acids is 2. The third kappa shape index (κ3) is 4.91. The molecule has 0 radical (unpaired) electrons. The average Bonchev–Trinajstić information content (AvgIpc) is 3.52. The molecule has 2 aliphatic rings. The number of thiophene rings is 1. The Labute approximate surface area is 186 Å². The molecule has 31 heavy (non-hydrogen) atoms. The number of carbonyl (C=O) groups is 2. The summed E-state index contributed by atoms with van der Waals surface area (Å²) in [6, 6.07) is 10.2. The van der Waals surface area contributed by atoms with Crippen LogP contribution in [0.3, 0.4) is 0 Å². The van der Waals surface area contributed by atoms with E-state index >= 15 is 0 Å². The smallest absolute Gasteiger partial charge is 0.264 e. The maximum Gasteiger partial charge on any atom is 0.264 e. The van der Waals surface area contributed by atoms with Gasteiger partial charge in [0, 0.05) is 45.0 Å². The van der Waals surface area contributed by atoms with E-state index in [0.717, 1.165) is 17.7 Å². The van der Waals surface area contributed by atoms with Crippen LogP contribution in [0.1, 0.15) is 22.5 Å². The average molecular weight is 463 g/mol. The van der Waals surface area contributed by atoms with Gasteiger partial charge in [-0.1, -0.05) is 6.07 Å². The van der Waals surface area contributed by atoms with Gasteiger partial charge in [-0.15, -0.1) is 11.3 Å². The number of hydrogen-bond acceptors (Lipinski definition) is 6. The van der Waals surface area contributed by atoms with Crippen molar-refractivity contribution in [2.45, 2.75) is 17.7 Å². The summed E-state index contributed by atoms with van der Waals surface area (Å²) >= 11 is 1.42. The molecule has 0 unspecified atom stereocenters. The third-order valence-corrected chi connectivity index (χ3v) is 8.42. The molecule has 2 saturated heterocycles. The monoisotopic (exact) mass is 462 g/mol. The Kier molecular flexibility index (Phi) is 6.59. The maximum atomic E-state index is 12.6. The summed E-state index contributed by atoms with van der Waals surface area (Å²) in [6.07, 6.45) is 1.80. The van der Waals surface area contributed by atoms with Crippen LogP contribution in [0.4, 0.5) is 5.69 Å². The van der Waals surface area contributed by atoms with E-state index < -0.39 is 10.0 Å². The summed E-state index contributed by atoms with van der Waals surface area (Å²) in [6.45, 7) is 3.31. The number of hydrogen-bond donors (Lipinski definition) is 1. The van der Waals surface area contributed by atoms with E-state index in [2.05, 4.69) is 5.32 Å². The van der Waals surface area contributed by atoms with Crippen molar-refractivity contribution < 1.29 is 18.0 Å². The fourth-order valence-electron chi connectivity index (χ4n) is 3.83. The van der Waals surface area contributed by atoms with Crippen LogP contribution in [0.25, 0.3) is 0 Å². The van der Waals surface area contributed by atoms with Crippen molar-refractivity contribution in [3.8, 4) is 0 Å². The van der Waals surface area contributed by atoms with Gasteiger partial charge in [0.15, 0.2) is 0 Å². The number of benzene rings is 1. The molecule has 2 aromatic rings. The van der Waals surface area contributed by atoms with Gasteiger partial charge in [0.1, 0.15) is 0 Å². The first-order valence-electron chi connectivity index (χ1n) is 10.4. The molecule has 0 spiro atoms. The zero-order valence-corrected chi connectivity index (χ0v) is 18.8. The van der Waals surface area contributed by atoms with Crippen LogP contribution >= 0.6 is 11.3 Å². The summed E-state index contributed by atoms with van der Waals surface area (Å²) in [5, 5.41) is 4.95. The minimum absolute atomic E-state index is 0.0178. The van der Waals surface area contributed by atoms with Crippen molar-refractivity contribution in [3.05, 3.63) is 46.7 Å². The van der Waals surface area contributed by atoms with E-state index in [4.69, 9.17) is 0 Å². The number of rotatable bonds is 6. The van der Waals surface area contributed by atoms with Crippen LogP contribution in [-0.4, -0.2) is 80.2 Å². The van der Waals surface area contributed by atoms with E-state index in [1.54, 1.807) is 34.1 Å². The minimum Gasteiger partial charge on any atom is -0.376 e. The zero-order valence-electron chi connectivity index (χ0n) is 17.2. The molecule has 1 N–H and O–H groups in total. The first-order chi connectivity index (χ1) is 14.9. The Bertz CT molecular complexity index is 1010. The van der Waals surface area contributed by atoms with Crippen LogP contribution in [0.2, 0.25) is 0 Å². The molecule has 4 rings (SSSR count). The lowest BCUT2D eigenvalue weighted by Crippen LogP contribution is -2.51. The van der Waals surface area contributed by atoms with E-state index in [-0.39, 0.29) is 23.3 Å². The normalized spacial score (nSPS) is 17.7. The lowest BCUT2D eigenvalue weighted by atomic mass is 10.2. The molecule has 0 atom stereocenters. The standard InChI is InChI=1S/C21H26N4O4S2/c26-20(23-11-13-24(14-12-23)21(27)19-4-3-15-30-19)16-22-17-5-7-18(8-6-17)31(28,29)25-9-1-2-10-25/h3-8,15,22H,1-2,9-14,16H2. The second-order valence-corrected chi connectivity index (χ2v) is 10.5. The summed E-state index contributed by atoms with van der Waals surface area (Å²) in [5.41, 5.74) is 0.695. The number of nitrogens with one attached hydrogen (secondary N) is 1. The Balaban J connectivity index is 1.26. The Morgan fingerprint density at radius 2 is 1.55 bits per heavy atom. The van der Waals surface area contributed by atoms with Gasteiger partial charge in [-0.3, -0.25) is 9.59 Å². The quantitative estimate of drug-likeness (QED) is 0.709. The highest BCUT2D eigenvalue weighted by atomic mass is 32.2. The highest BCUT2D eigenvalue weighted by Gasteiger charge is 2.27.